The predicted molar refractivity (Wildman–Crippen MR) is 298 cm³/mol. The van der Waals surface area contributed by atoms with Crippen LogP contribution in [0.15, 0.2) is 24.3 Å². The van der Waals surface area contributed by atoms with Gasteiger partial charge >= 0.3 is 11.9 Å². The molecule has 1 atom stereocenters. The van der Waals surface area contributed by atoms with E-state index in [1.165, 1.54) is 276 Å². The molecule has 68 heavy (non-hydrogen) atoms. The van der Waals surface area contributed by atoms with E-state index >= 15 is 0 Å². The van der Waals surface area contributed by atoms with Gasteiger partial charge in [0.05, 0.1) is 6.61 Å². The molecule has 0 aliphatic carbocycles. The van der Waals surface area contributed by atoms with Crippen molar-refractivity contribution in [3.63, 3.8) is 0 Å². The molecule has 0 rings (SSSR count). The molecule has 0 amide bonds. The molecular formula is C63H120O5. The summed E-state index contributed by atoms with van der Waals surface area (Å²) in [7, 11) is 0. The van der Waals surface area contributed by atoms with Crippen LogP contribution in [0, 0.1) is 0 Å². The van der Waals surface area contributed by atoms with Crippen LogP contribution in [0.3, 0.4) is 0 Å². The first kappa shape index (κ1) is 66.4. The molecule has 0 bridgehead atoms. The molecule has 0 fully saturated rings. The minimum atomic E-state index is -0.534. The summed E-state index contributed by atoms with van der Waals surface area (Å²) in [5.74, 6) is -0.380. The SMILES string of the molecule is CCCCCCCC/C=C\CCCCCCCCCCCC(=O)OC[C@@H](COCCCCCCCCCCCCCCCCCC)OC(=O)CCCCCCCCC/C=C\CCCCCCCC. The zero-order valence-electron chi connectivity index (χ0n) is 46.4. The van der Waals surface area contributed by atoms with Crippen LogP contribution in [0.4, 0.5) is 0 Å². The molecule has 5 nitrogen and oxygen atoms in total. The second-order valence-electron chi connectivity index (χ2n) is 21.0. The summed E-state index contributed by atoms with van der Waals surface area (Å²) in [6.07, 6.45) is 72.0. The van der Waals surface area contributed by atoms with E-state index in [4.69, 9.17) is 14.2 Å². The molecule has 0 aromatic rings. The lowest BCUT2D eigenvalue weighted by Gasteiger charge is -2.18. The number of hydrogen-bond acceptors (Lipinski definition) is 5. The molecule has 0 saturated heterocycles. The van der Waals surface area contributed by atoms with E-state index in [9.17, 15) is 9.59 Å². The van der Waals surface area contributed by atoms with Crippen molar-refractivity contribution in [1.82, 2.24) is 0 Å². The quantitative estimate of drug-likeness (QED) is 0.0345. The van der Waals surface area contributed by atoms with E-state index in [2.05, 4.69) is 45.1 Å². The molecule has 0 aliphatic heterocycles. The second kappa shape index (κ2) is 59.7. The zero-order valence-corrected chi connectivity index (χ0v) is 46.4. The number of hydrogen-bond donors (Lipinski definition) is 0. The van der Waals surface area contributed by atoms with E-state index < -0.39 is 6.10 Å². The summed E-state index contributed by atoms with van der Waals surface area (Å²) in [4.78, 5) is 25.6. The maximum atomic E-state index is 12.9. The van der Waals surface area contributed by atoms with Gasteiger partial charge in [-0.05, 0) is 70.6 Å². The number of allylic oxidation sites excluding steroid dienone is 4. The van der Waals surface area contributed by atoms with Crippen molar-refractivity contribution in [1.29, 1.82) is 0 Å². The maximum absolute atomic E-state index is 12.9. The van der Waals surface area contributed by atoms with E-state index in [-0.39, 0.29) is 18.5 Å². The first-order chi connectivity index (χ1) is 33.6. The minimum Gasteiger partial charge on any atom is -0.462 e. The van der Waals surface area contributed by atoms with Gasteiger partial charge in [-0.25, -0.2) is 0 Å². The Bertz CT molecular complexity index is 1040. The maximum Gasteiger partial charge on any atom is 0.306 e. The first-order valence-electron chi connectivity index (χ1n) is 30.9. The van der Waals surface area contributed by atoms with Crippen molar-refractivity contribution in [3.8, 4) is 0 Å². The minimum absolute atomic E-state index is 0.0900. The number of unbranched alkanes of at least 4 members (excludes halogenated alkanes) is 43. The summed E-state index contributed by atoms with van der Waals surface area (Å²) in [5, 5.41) is 0. The van der Waals surface area contributed by atoms with Gasteiger partial charge in [0, 0.05) is 19.4 Å². The molecule has 0 unspecified atom stereocenters. The number of carbonyl (C=O) groups is 2. The zero-order chi connectivity index (χ0) is 49.2. The molecule has 5 heteroatoms. The smallest absolute Gasteiger partial charge is 0.306 e. The highest BCUT2D eigenvalue weighted by Gasteiger charge is 2.18. The average Bonchev–Trinajstić information content (AvgIpc) is 3.34. The van der Waals surface area contributed by atoms with Crippen molar-refractivity contribution in [3.05, 3.63) is 24.3 Å². The number of rotatable bonds is 58. The van der Waals surface area contributed by atoms with Gasteiger partial charge in [0.1, 0.15) is 6.61 Å². The predicted octanol–water partition coefficient (Wildman–Crippen LogP) is 21.1. The van der Waals surface area contributed by atoms with E-state index in [1.807, 2.05) is 0 Å². The van der Waals surface area contributed by atoms with Gasteiger partial charge in [0.25, 0.3) is 0 Å². The molecular weight excluding hydrogens is 837 g/mol. The molecule has 0 spiro atoms. The molecule has 0 N–H and O–H groups in total. The van der Waals surface area contributed by atoms with Crippen LogP contribution in [0.25, 0.3) is 0 Å². The summed E-state index contributed by atoms with van der Waals surface area (Å²) in [6.45, 7) is 7.89. The van der Waals surface area contributed by atoms with E-state index in [0.29, 0.717) is 26.1 Å². The molecule has 402 valence electrons. The second-order valence-corrected chi connectivity index (χ2v) is 21.0. The summed E-state index contributed by atoms with van der Waals surface area (Å²) >= 11 is 0. The van der Waals surface area contributed by atoms with Gasteiger partial charge in [-0.3, -0.25) is 9.59 Å². The van der Waals surface area contributed by atoms with Gasteiger partial charge in [0.2, 0.25) is 0 Å². The number of carbonyl (C=O) groups excluding carboxylic acids is 2. The molecule has 0 aromatic carbocycles. The van der Waals surface area contributed by atoms with Crippen molar-refractivity contribution in [2.45, 2.75) is 348 Å². The highest BCUT2D eigenvalue weighted by Crippen LogP contribution is 2.17. The van der Waals surface area contributed by atoms with Crippen LogP contribution in [0.1, 0.15) is 342 Å². The third kappa shape index (κ3) is 57.0. The number of esters is 2. The van der Waals surface area contributed by atoms with Crippen molar-refractivity contribution in [2.75, 3.05) is 19.8 Å². The summed E-state index contributed by atoms with van der Waals surface area (Å²) in [6, 6.07) is 0. The van der Waals surface area contributed by atoms with Crippen molar-refractivity contribution in [2.24, 2.45) is 0 Å². The Morgan fingerprint density at radius 3 is 0.897 bits per heavy atom. The number of ether oxygens (including phenoxy) is 3. The Kier molecular flexibility index (Phi) is 58.3. The van der Waals surface area contributed by atoms with Gasteiger partial charge in [-0.15, -0.1) is 0 Å². The fourth-order valence-corrected chi connectivity index (χ4v) is 9.33. The van der Waals surface area contributed by atoms with Crippen LogP contribution in [0.5, 0.6) is 0 Å². The standard InChI is InChI=1S/C63H120O5/c1-4-7-10-13-16-19-22-25-28-31-32-34-35-38-41-44-47-50-53-56-62(64)67-60-61(59-66-58-55-52-49-46-43-40-37-30-27-24-21-18-15-12-9-6-3)68-63(65)57-54-51-48-45-42-39-36-33-29-26-23-20-17-14-11-8-5-2/h25-26,28-29,61H,4-24,27,30-60H2,1-3H3/b28-25-,29-26-/t61-/m1/s1. The monoisotopic (exact) mass is 957 g/mol. The lowest BCUT2D eigenvalue weighted by Crippen LogP contribution is -2.30. The topological polar surface area (TPSA) is 61.8 Å². The Morgan fingerprint density at radius 1 is 0.309 bits per heavy atom. The lowest BCUT2D eigenvalue weighted by molar-refractivity contribution is -0.163. The Balaban J connectivity index is 4.22. The first-order valence-corrected chi connectivity index (χ1v) is 30.9. The molecule has 0 heterocycles. The summed E-state index contributed by atoms with van der Waals surface area (Å²) < 4.78 is 17.5. The normalized spacial score (nSPS) is 12.2. The van der Waals surface area contributed by atoms with Gasteiger partial charge in [-0.2, -0.15) is 0 Å². The van der Waals surface area contributed by atoms with Crippen LogP contribution < -0.4 is 0 Å². The van der Waals surface area contributed by atoms with E-state index in [0.717, 1.165) is 32.1 Å². The van der Waals surface area contributed by atoms with Crippen LogP contribution in [-0.2, 0) is 23.8 Å². The van der Waals surface area contributed by atoms with Crippen molar-refractivity contribution >= 4 is 11.9 Å². The third-order valence-corrected chi connectivity index (χ3v) is 14.0. The Labute approximate surface area is 426 Å². The van der Waals surface area contributed by atoms with Gasteiger partial charge < -0.3 is 14.2 Å². The third-order valence-electron chi connectivity index (χ3n) is 14.0. The van der Waals surface area contributed by atoms with Gasteiger partial charge in [0.15, 0.2) is 6.10 Å². The largest absolute Gasteiger partial charge is 0.462 e. The van der Waals surface area contributed by atoms with Crippen LogP contribution in [0.2, 0.25) is 0 Å². The average molecular weight is 958 g/mol. The molecule has 0 saturated carbocycles. The summed E-state index contributed by atoms with van der Waals surface area (Å²) in [5.41, 5.74) is 0. The van der Waals surface area contributed by atoms with Crippen LogP contribution >= 0.6 is 0 Å². The van der Waals surface area contributed by atoms with E-state index in [1.54, 1.807) is 0 Å². The fraction of sp³-hybridized carbons (Fsp3) is 0.905. The van der Waals surface area contributed by atoms with Crippen molar-refractivity contribution < 1.29 is 23.8 Å². The molecule has 0 aromatic heterocycles. The highest BCUT2D eigenvalue weighted by molar-refractivity contribution is 5.70. The Hall–Kier alpha value is -1.62. The Morgan fingerprint density at radius 2 is 0.574 bits per heavy atom. The fourth-order valence-electron chi connectivity index (χ4n) is 9.33. The van der Waals surface area contributed by atoms with Crippen LogP contribution in [-0.4, -0.2) is 37.9 Å². The molecule has 0 aliphatic rings. The highest BCUT2D eigenvalue weighted by atomic mass is 16.6. The lowest BCUT2D eigenvalue weighted by atomic mass is 10.0. The van der Waals surface area contributed by atoms with Gasteiger partial charge in [-0.1, -0.05) is 283 Å². The molecule has 0 radical (unpaired) electrons.